The van der Waals surface area contributed by atoms with Gasteiger partial charge in [-0.2, -0.15) is 0 Å². The summed E-state index contributed by atoms with van der Waals surface area (Å²) in [7, 11) is 0. The van der Waals surface area contributed by atoms with Gasteiger partial charge in [-0.15, -0.1) is 0 Å². The molecule has 0 amide bonds. The highest BCUT2D eigenvalue weighted by Gasteiger charge is 2.18. The Morgan fingerprint density at radius 1 is 1.21 bits per heavy atom. The molecule has 2 heteroatoms. The molecular formula is C26H46N2. The van der Waals surface area contributed by atoms with Gasteiger partial charge in [0.05, 0.1) is 0 Å². The third-order valence-electron chi connectivity index (χ3n) is 4.05. The minimum absolute atomic E-state index is 0. The molecular weight excluding hydrogens is 340 g/mol. The molecule has 1 aliphatic carbocycles. The Labute approximate surface area is 177 Å². The fourth-order valence-corrected chi connectivity index (χ4v) is 2.66. The topological polar surface area (TPSA) is 24.4 Å². The van der Waals surface area contributed by atoms with E-state index in [1.54, 1.807) is 0 Å². The van der Waals surface area contributed by atoms with E-state index in [4.69, 9.17) is 0 Å². The first-order valence-electron chi connectivity index (χ1n) is 10.8. The Morgan fingerprint density at radius 2 is 1.82 bits per heavy atom. The zero-order valence-corrected chi connectivity index (χ0v) is 19.9. The van der Waals surface area contributed by atoms with E-state index in [2.05, 4.69) is 69.7 Å². The predicted molar refractivity (Wildman–Crippen MR) is 133 cm³/mol. The number of aliphatic imine (C=N–C) groups is 1. The summed E-state index contributed by atoms with van der Waals surface area (Å²) >= 11 is 0. The van der Waals surface area contributed by atoms with Crippen LogP contribution in [0, 0.1) is 5.92 Å². The molecule has 0 saturated heterocycles. The Kier molecular flexibility index (Phi) is 18.4. The Hall–Kier alpha value is -2.09. The molecule has 0 fully saturated rings. The van der Waals surface area contributed by atoms with Crippen LogP contribution in [0.5, 0.6) is 0 Å². The minimum atomic E-state index is 0. The van der Waals surface area contributed by atoms with E-state index in [0.717, 1.165) is 24.4 Å². The second-order valence-electron chi connectivity index (χ2n) is 6.40. The maximum absolute atomic E-state index is 4.59. The van der Waals surface area contributed by atoms with Gasteiger partial charge < -0.3 is 5.32 Å². The maximum atomic E-state index is 4.59. The summed E-state index contributed by atoms with van der Waals surface area (Å²) in [6, 6.07) is 0. The van der Waals surface area contributed by atoms with Crippen molar-refractivity contribution in [3.05, 3.63) is 71.7 Å². The lowest BCUT2D eigenvalue weighted by Gasteiger charge is -2.22. The lowest BCUT2D eigenvalue weighted by molar-refractivity contribution is 0.825. The maximum Gasteiger partial charge on any atom is 0.0475 e. The first-order valence-corrected chi connectivity index (χ1v) is 10.8. The van der Waals surface area contributed by atoms with E-state index in [1.165, 1.54) is 23.1 Å². The van der Waals surface area contributed by atoms with Gasteiger partial charge in [-0.05, 0) is 44.4 Å². The van der Waals surface area contributed by atoms with Crippen molar-refractivity contribution in [1.82, 2.24) is 5.32 Å². The number of rotatable bonds is 7. The number of nitrogens with zero attached hydrogens (tertiary/aromatic N) is 1. The molecule has 0 aromatic rings. The van der Waals surface area contributed by atoms with Gasteiger partial charge in [-0.3, -0.25) is 4.99 Å². The second-order valence-corrected chi connectivity index (χ2v) is 6.40. The minimum Gasteiger partial charge on any atom is -0.381 e. The van der Waals surface area contributed by atoms with Gasteiger partial charge in [0, 0.05) is 31.5 Å². The van der Waals surface area contributed by atoms with Gasteiger partial charge in [0.15, 0.2) is 0 Å². The number of hydrogen-bond donors (Lipinski definition) is 1. The van der Waals surface area contributed by atoms with E-state index in [1.807, 2.05) is 52.1 Å². The van der Waals surface area contributed by atoms with Gasteiger partial charge in [-0.25, -0.2) is 0 Å². The molecule has 1 unspecified atom stereocenters. The average molecular weight is 387 g/mol. The van der Waals surface area contributed by atoms with E-state index in [0.29, 0.717) is 5.92 Å². The fourth-order valence-electron chi connectivity index (χ4n) is 2.66. The smallest absolute Gasteiger partial charge is 0.0475 e. The van der Waals surface area contributed by atoms with Crippen LogP contribution in [0.4, 0.5) is 0 Å². The van der Waals surface area contributed by atoms with Gasteiger partial charge in [0.2, 0.25) is 0 Å². The first-order chi connectivity index (χ1) is 13.5. The predicted octanol–water partition coefficient (Wildman–Crippen LogP) is 8.19. The van der Waals surface area contributed by atoms with Crippen molar-refractivity contribution >= 4 is 5.71 Å². The van der Waals surface area contributed by atoms with Gasteiger partial charge >= 0.3 is 0 Å². The Balaban J connectivity index is -0.00000103. The lowest BCUT2D eigenvalue weighted by Crippen LogP contribution is -2.22. The SMILES string of the molecule is C=C/C=C(C)\C(=C/C)NCC1=CC(=N/C=C\C)C(C)C(CC)=C1.CC.CCC.[HH]. The molecule has 0 aromatic heterocycles. The number of hydrogen-bond acceptors (Lipinski definition) is 2. The third kappa shape index (κ3) is 10.9. The summed E-state index contributed by atoms with van der Waals surface area (Å²) in [5.41, 5.74) is 6.18. The van der Waals surface area contributed by atoms with Crippen LogP contribution in [-0.4, -0.2) is 12.3 Å². The second kappa shape index (κ2) is 18.3. The van der Waals surface area contributed by atoms with Crippen LogP contribution >= 0.6 is 0 Å². The van der Waals surface area contributed by atoms with Crippen molar-refractivity contribution in [2.75, 3.05) is 6.54 Å². The molecule has 0 aliphatic heterocycles. The summed E-state index contributed by atoms with van der Waals surface area (Å²) in [6.07, 6.45) is 16.6. The summed E-state index contributed by atoms with van der Waals surface area (Å²) in [4.78, 5) is 4.59. The first kappa shape index (κ1) is 28.1. The fraction of sp³-hybridized carbons (Fsp3) is 0.500. The van der Waals surface area contributed by atoms with E-state index in [-0.39, 0.29) is 1.43 Å². The highest BCUT2D eigenvalue weighted by Crippen LogP contribution is 2.24. The molecule has 2 nitrogen and oxygen atoms in total. The molecule has 1 atom stereocenters. The van der Waals surface area contributed by atoms with Crippen molar-refractivity contribution in [2.24, 2.45) is 10.9 Å². The lowest BCUT2D eigenvalue weighted by atomic mass is 9.86. The van der Waals surface area contributed by atoms with Crippen LogP contribution in [-0.2, 0) is 0 Å². The van der Waals surface area contributed by atoms with E-state index < -0.39 is 0 Å². The number of nitrogens with one attached hydrogen (secondary N) is 1. The molecule has 0 heterocycles. The third-order valence-corrected chi connectivity index (χ3v) is 4.05. The van der Waals surface area contributed by atoms with Gasteiger partial charge in [-0.1, -0.05) is 90.5 Å². The molecule has 1 N–H and O–H groups in total. The Morgan fingerprint density at radius 3 is 2.29 bits per heavy atom. The van der Waals surface area contributed by atoms with Crippen molar-refractivity contribution in [1.29, 1.82) is 0 Å². The van der Waals surface area contributed by atoms with E-state index in [9.17, 15) is 0 Å². The van der Waals surface area contributed by atoms with Crippen LogP contribution < -0.4 is 5.32 Å². The average Bonchev–Trinajstić information content (AvgIpc) is 2.70. The zero-order valence-electron chi connectivity index (χ0n) is 19.9. The summed E-state index contributed by atoms with van der Waals surface area (Å²) in [5, 5.41) is 3.52. The van der Waals surface area contributed by atoms with Crippen molar-refractivity contribution in [2.45, 2.75) is 75.2 Å². The summed E-state index contributed by atoms with van der Waals surface area (Å²) in [5.74, 6) is 0.392. The highest BCUT2D eigenvalue weighted by atomic mass is 14.9. The molecule has 0 spiro atoms. The normalized spacial score (nSPS) is 18.5. The van der Waals surface area contributed by atoms with Crippen molar-refractivity contribution in [3.8, 4) is 0 Å². The number of allylic oxidation sites excluding steroid dienone is 7. The van der Waals surface area contributed by atoms with Crippen LogP contribution in [0.25, 0.3) is 0 Å². The van der Waals surface area contributed by atoms with Crippen molar-refractivity contribution < 1.29 is 1.43 Å². The Bertz CT molecular complexity index is 617. The van der Waals surface area contributed by atoms with Gasteiger partial charge in [0.25, 0.3) is 0 Å². The van der Waals surface area contributed by atoms with Gasteiger partial charge in [0.1, 0.15) is 0 Å². The van der Waals surface area contributed by atoms with Crippen LogP contribution in [0.2, 0.25) is 0 Å². The summed E-state index contributed by atoms with van der Waals surface area (Å²) in [6.45, 7) is 23.4. The highest BCUT2D eigenvalue weighted by molar-refractivity contribution is 6.01. The molecule has 1 rings (SSSR count). The molecule has 28 heavy (non-hydrogen) atoms. The molecule has 0 saturated carbocycles. The van der Waals surface area contributed by atoms with Crippen LogP contribution in [0.15, 0.2) is 76.6 Å². The monoisotopic (exact) mass is 386 g/mol. The molecule has 0 aromatic carbocycles. The summed E-state index contributed by atoms with van der Waals surface area (Å²) < 4.78 is 0. The molecule has 160 valence electrons. The van der Waals surface area contributed by atoms with Crippen molar-refractivity contribution in [3.63, 3.8) is 0 Å². The van der Waals surface area contributed by atoms with E-state index >= 15 is 0 Å². The molecule has 1 aliphatic rings. The van der Waals surface area contributed by atoms with Crippen LogP contribution in [0.3, 0.4) is 0 Å². The zero-order chi connectivity index (χ0) is 21.9. The largest absolute Gasteiger partial charge is 0.381 e. The van der Waals surface area contributed by atoms with Crippen LogP contribution in [0.1, 0.15) is 76.6 Å². The standard InChI is InChI=1S/C21H30N2.C3H8.C2H6.H2/c1-7-11-16(5)20(10-4)23-15-18-13-19(9-3)17(6)21(14-18)22-12-8-2;1-3-2;1-2;/h7-8,10-14,17,23H,1,9,15H2,2-6H3;3H2,1-2H3;1-2H3;1H/b12-8-,16-11-,20-10+,22-21?;;;. The molecule has 0 bridgehead atoms. The quantitative estimate of drug-likeness (QED) is 0.438. The molecule has 0 radical (unpaired) electrons.